The maximum Gasteiger partial charge on any atom is 0.469 e. The van der Waals surface area contributed by atoms with E-state index in [1.807, 2.05) is 6.08 Å². The van der Waals surface area contributed by atoms with Gasteiger partial charge < -0.3 is 19.3 Å². The van der Waals surface area contributed by atoms with Crippen LogP contribution in [0.2, 0.25) is 0 Å². The first-order valence-corrected chi connectivity index (χ1v) is 20.2. The van der Waals surface area contributed by atoms with Crippen LogP contribution in [0, 0.1) is 0 Å². The van der Waals surface area contributed by atoms with E-state index >= 15 is 0 Å². The zero-order chi connectivity index (χ0) is 37.8. The molecule has 0 bridgehead atoms. The van der Waals surface area contributed by atoms with Crippen molar-refractivity contribution >= 4 is 7.82 Å². The first-order valence-electron chi connectivity index (χ1n) is 18.7. The second-order valence-electron chi connectivity index (χ2n) is 14.4. The summed E-state index contributed by atoms with van der Waals surface area (Å²) in [6.45, 7) is 22.3. The Hall–Kier alpha value is -2.05. The van der Waals surface area contributed by atoms with Gasteiger partial charge in [-0.05, 0) is 146 Å². The normalized spacial score (nSPS) is 14.6. The molecule has 0 aromatic heterocycles. The van der Waals surface area contributed by atoms with E-state index in [2.05, 4.69) is 112 Å². The molecule has 0 rings (SSSR count). The Morgan fingerprint density at radius 1 is 0.480 bits per heavy atom. The van der Waals surface area contributed by atoms with E-state index in [1.54, 1.807) is 0 Å². The molecule has 0 saturated heterocycles. The lowest BCUT2D eigenvalue weighted by atomic mass is 10.0. The predicted octanol–water partition coefficient (Wildman–Crippen LogP) is 12.8. The standard InChI is InChI=1S/C43H73O6P/c1-35(2)17-11-19-37(5)21-13-23-39(7)25-15-27-41(9)29-31-47-33-43(34-49-50(44,45)46)48-32-30-42(10)28-16-26-40(8)24-14-22-38(6)20-12-18-36(3)4/h17-18,21-22,25-26,29-30,43H,11-16,19-20,23-24,27-28,31-34H2,1-10H3,(H2,44,45,46)/b37-21+,38-22+,39-25+,40-26+,41-29+,42-30+/t43-/m1/s1. The van der Waals surface area contributed by atoms with E-state index in [-0.39, 0.29) is 13.2 Å². The van der Waals surface area contributed by atoms with Crippen LogP contribution in [0.4, 0.5) is 0 Å². The average Bonchev–Trinajstić information content (AvgIpc) is 3.00. The van der Waals surface area contributed by atoms with Crippen molar-refractivity contribution in [3.05, 3.63) is 93.2 Å². The van der Waals surface area contributed by atoms with E-state index in [0.29, 0.717) is 13.2 Å². The van der Waals surface area contributed by atoms with Crippen LogP contribution in [0.5, 0.6) is 0 Å². The molecule has 0 amide bonds. The molecular weight excluding hydrogens is 643 g/mol. The molecule has 0 unspecified atom stereocenters. The Labute approximate surface area is 307 Å². The van der Waals surface area contributed by atoms with Gasteiger partial charge in [-0.15, -0.1) is 0 Å². The van der Waals surface area contributed by atoms with Crippen molar-refractivity contribution in [2.45, 2.75) is 152 Å². The molecule has 0 aromatic carbocycles. The highest BCUT2D eigenvalue weighted by Crippen LogP contribution is 2.35. The van der Waals surface area contributed by atoms with Gasteiger partial charge in [-0.1, -0.05) is 93.2 Å². The van der Waals surface area contributed by atoms with Crippen LogP contribution in [0.25, 0.3) is 0 Å². The summed E-state index contributed by atoms with van der Waals surface area (Å²) in [7, 11) is -4.60. The van der Waals surface area contributed by atoms with Crippen molar-refractivity contribution in [1.82, 2.24) is 0 Å². The fourth-order valence-electron chi connectivity index (χ4n) is 5.03. The molecule has 1 atom stereocenters. The Bertz CT molecular complexity index is 1230. The third-order valence-electron chi connectivity index (χ3n) is 8.35. The molecule has 0 aliphatic rings. The lowest BCUT2D eigenvalue weighted by Crippen LogP contribution is -2.25. The van der Waals surface area contributed by atoms with E-state index < -0.39 is 13.9 Å². The van der Waals surface area contributed by atoms with Crippen LogP contribution in [0.15, 0.2) is 93.2 Å². The summed E-state index contributed by atoms with van der Waals surface area (Å²) in [5.41, 5.74) is 11.0. The molecule has 7 heteroatoms. The minimum Gasteiger partial charge on any atom is -0.375 e. The maximum atomic E-state index is 11.3. The second-order valence-corrected chi connectivity index (χ2v) is 15.6. The molecule has 2 N–H and O–H groups in total. The fraction of sp³-hybridized carbons (Fsp3) is 0.628. The topological polar surface area (TPSA) is 85.2 Å². The van der Waals surface area contributed by atoms with Crippen molar-refractivity contribution in [3.63, 3.8) is 0 Å². The van der Waals surface area contributed by atoms with Gasteiger partial charge in [0.25, 0.3) is 0 Å². The van der Waals surface area contributed by atoms with Gasteiger partial charge in [0.1, 0.15) is 6.10 Å². The third kappa shape index (κ3) is 33.1. The Morgan fingerprint density at radius 3 is 1.14 bits per heavy atom. The Balaban J connectivity index is 4.60. The van der Waals surface area contributed by atoms with Gasteiger partial charge in [-0.25, -0.2) is 4.57 Å². The molecule has 6 nitrogen and oxygen atoms in total. The van der Waals surface area contributed by atoms with Crippen molar-refractivity contribution < 1.29 is 28.3 Å². The molecule has 0 saturated carbocycles. The maximum absolute atomic E-state index is 11.3. The van der Waals surface area contributed by atoms with Crippen molar-refractivity contribution in [2.24, 2.45) is 0 Å². The second kappa shape index (κ2) is 29.5. The minimum absolute atomic E-state index is 0.182. The number of hydrogen-bond donors (Lipinski definition) is 2. The molecule has 0 aliphatic carbocycles. The van der Waals surface area contributed by atoms with Crippen LogP contribution in [-0.4, -0.2) is 42.3 Å². The van der Waals surface area contributed by atoms with Crippen LogP contribution in [-0.2, 0) is 18.6 Å². The molecule has 0 fully saturated rings. The van der Waals surface area contributed by atoms with Crippen molar-refractivity contribution in [3.8, 4) is 0 Å². The van der Waals surface area contributed by atoms with E-state index in [1.165, 1.54) is 44.6 Å². The molecule has 286 valence electrons. The summed E-state index contributed by atoms with van der Waals surface area (Å²) in [6, 6.07) is 0. The SMILES string of the molecule is CC(C)=CCC/C(C)=C/CC/C(C)=C/CC/C(C)=C/COC[C@H](COP(=O)(O)O)OC/C=C(\C)CC/C=C(\C)CC/C=C(\C)CCC=C(C)C. The van der Waals surface area contributed by atoms with Crippen LogP contribution in [0.1, 0.15) is 146 Å². The van der Waals surface area contributed by atoms with Gasteiger partial charge in [0.05, 0.1) is 26.4 Å². The number of rotatable bonds is 28. The summed E-state index contributed by atoms with van der Waals surface area (Å²) in [6.07, 6.45) is 30.2. The van der Waals surface area contributed by atoms with Gasteiger partial charge in [0.15, 0.2) is 0 Å². The van der Waals surface area contributed by atoms with Gasteiger partial charge in [-0.2, -0.15) is 0 Å². The molecular formula is C43H73O6P. The minimum atomic E-state index is -4.60. The zero-order valence-corrected chi connectivity index (χ0v) is 34.4. The Kier molecular flexibility index (Phi) is 28.3. The number of phosphoric acid groups is 1. The summed E-state index contributed by atoms with van der Waals surface area (Å²) >= 11 is 0. The molecule has 0 spiro atoms. The van der Waals surface area contributed by atoms with Crippen LogP contribution >= 0.6 is 7.82 Å². The lowest BCUT2D eigenvalue weighted by molar-refractivity contribution is -0.0267. The van der Waals surface area contributed by atoms with E-state index in [0.717, 1.165) is 77.0 Å². The first kappa shape index (κ1) is 48.0. The number of allylic oxidation sites excluding steroid dienone is 14. The van der Waals surface area contributed by atoms with Crippen LogP contribution in [0.3, 0.4) is 0 Å². The highest BCUT2D eigenvalue weighted by atomic mass is 31.2. The summed E-state index contributed by atoms with van der Waals surface area (Å²) in [4.78, 5) is 18.4. The molecule has 0 aliphatic heterocycles. The lowest BCUT2D eigenvalue weighted by Gasteiger charge is -2.17. The highest BCUT2D eigenvalue weighted by molar-refractivity contribution is 7.46. The van der Waals surface area contributed by atoms with Gasteiger partial charge >= 0.3 is 7.82 Å². The smallest absolute Gasteiger partial charge is 0.375 e. The summed E-state index contributed by atoms with van der Waals surface area (Å²) in [5.74, 6) is 0. The van der Waals surface area contributed by atoms with Gasteiger partial charge in [-0.3, -0.25) is 4.52 Å². The predicted molar refractivity (Wildman–Crippen MR) is 215 cm³/mol. The number of ether oxygens (including phenoxy) is 2. The third-order valence-corrected chi connectivity index (χ3v) is 8.84. The monoisotopic (exact) mass is 717 g/mol. The first-order chi connectivity index (χ1) is 23.6. The average molecular weight is 717 g/mol. The van der Waals surface area contributed by atoms with Crippen LogP contribution < -0.4 is 0 Å². The summed E-state index contributed by atoms with van der Waals surface area (Å²) < 4.78 is 27.7. The molecule has 0 radical (unpaired) electrons. The number of hydrogen-bond acceptors (Lipinski definition) is 4. The summed E-state index contributed by atoms with van der Waals surface area (Å²) in [5, 5.41) is 0. The van der Waals surface area contributed by atoms with E-state index in [9.17, 15) is 14.4 Å². The zero-order valence-electron chi connectivity index (χ0n) is 33.5. The Morgan fingerprint density at radius 2 is 0.800 bits per heavy atom. The quantitative estimate of drug-likeness (QED) is 0.0476. The number of phosphoric ester groups is 1. The van der Waals surface area contributed by atoms with Gasteiger partial charge in [0, 0.05) is 0 Å². The van der Waals surface area contributed by atoms with E-state index in [4.69, 9.17) is 14.0 Å². The van der Waals surface area contributed by atoms with Crippen molar-refractivity contribution in [1.29, 1.82) is 0 Å². The molecule has 0 heterocycles. The van der Waals surface area contributed by atoms with Crippen molar-refractivity contribution in [2.75, 3.05) is 26.4 Å². The van der Waals surface area contributed by atoms with Gasteiger partial charge in [0.2, 0.25) is 0 Å². The molecule has 0 aromatic rings. The fourth-order valence-corrected chi connectivity index (χ4v) is 5.39. The highest BCUT2D eigenvalue weighted by Gasteiger charge is 2.19. The molecule has 50 heavy (non-hydrogen) atoms. The largest absolute Gasteiger partial charge is 0.469 e.